The number of aromatic nitrogens is 2. The topological polar surface area (TPSA) is 78.0 Å². The van der Waals surface area contributed by atoms with E-state index >= 15 is 0 Å². The molecule has 2 N–H and O–H groups in total. The third-order valence-corrected chi connectivity index (χ3v) is 5.07. The summed E-state index contributed by atoms with van der Waals surface area (Å²) in [5.41, 5.74) is -2.28. The van der Waals surface area contributed by atoms with E-state index in [-0.39, 0.29) is 10.5 Å². The lowest BCUT2D eigenvalue weighted by molar-refractivity contribution is 0.487. The maximum Gasteiger partial charge on any atom is 0.269 e. The summed E-state index contributed by atoms with van der Waals surface area (Å²) in [6.07, 6.45) is 0. The Hall–Kier alpha value is -2.31. The monoisotopic (exact) mass is 467 g/mol. The van der Waals surface area contributed by atoms with Gasteiger partial charge in [0.1, 0.15) is 27.9 Å². The molecule has 0 fully saturated rings. The van der Waals surface area contributed by atoms with Gasteiger partial charge in [-0.05, 0) is 40.2 Å². The number of sulfonamides is 1. The maximum atomic E-state index is 14.4. The minimum absolute atomic E-state index is 0.0708. The summed E-state index contributed by atoms with van der Waals surface area (Å²) in [7, 11) is -4.61. The van der Waals surface area contributed by atoms with E-state index in [1.165, 1.54) is 12.1 Å². The Balaban J connectivity index is 2.34. The lowest BCUT2D eigenvalue weighted by Gasteiger charge is -2.11. The van der Waals surface area contributed by atoms with Gasteiger partial charge in [-0.15, -0.1) is 5.10 Å². The van der Waals surface area contributed by atoms with Gasteiger partial charge in [0.15, 0.2) is 5.82 Å². The van der Waals surface area contributed by atoms with E-state index in [4.69, 9.17) is 5.14 Å². The third kappa shape index (κ3) is 3.35. The standard InChI is InChI=1S/C15H7BrF5N3O2S/c16-7-2-1-3-10(12(7)19)24-14(13(20)15(21)23-24)6-4-9(18)11(5-8(6)17)27(22,25)26/h1-5H,(H2,22,25,26). The van der Waals surface area contributed by atoms with Crippen molar-refractivity contribution in [2.24, 2.45) is 5.14 Å². The van der Waals surface area contributed by atoms with E-state index in [2.05, 4.69) is 21.0 Å². The second kappa shape index (κ2) is 6.69. The average Bonchev–Trinajstić information content (AvgIpc) is 2.86. The van der Waals surface area contributed by atoms with E-state index < -0.39 is 61.1 Å². The summed E-state index contributed by atoms with van der Waals surface area (Å²) >= 11 is 2.89. The number of benzene rings is 2. The van der Waals surface area contributed by atoms with Gasteiger partial charge < -0.3 is 0 Å². The van der Waals surface area contributed by atoms with Crippen LogP contribution < -0.4 is 5.14 Å². The van der Waals surface area contributed by atoms with Crippen molar-refractivity contribution in [3.05, 3.63) is 64.0 Å². The van der Waals surface area contributed by atoms with Crippen LogP contribution in [-0.2, 0) is 10.0 Å². The molecular formula is C15H7BrF5N3O2S. The van der Waals surface area contributed by atoms with Crippen molar-refractivity contribution >= 4 is 26.0 Å². The summed E-state index contributed by atoms with van der Waals surface area (Å²) in [4.78, 5) is -1.18. The number of rotatable bonds is 3. The normalized spacial score (nSPS) is 11.8. The molecule has 142 valence electrons. The molecule has 3 rings (SSSR count). The number of nitrogens with zero attached hydrogens (tertiary/aromatic N) is 2. The maximum absolute atomic E-state index is 14.4. The average molecular weight is 468 g/mol. The number of primary sulfonamides is 1. The van der Waals surface area contributed by atoms with Gasteiger partial charge in [0.2, 0.25) is 15.8 Å². The van der Waals surface area contributed by atoms with Crippen molar-refractivity contribution in [2.45, 2.75) is 4.90 Å². The Labute approximate surface area is 157 Å². The van der Waals surface area contributed by atoms with Crippen LogP contribution in [0.2, 0.25) is 0 Å². The van der Waals surface area contributed by atoms with Crippen molar-refractivity contribution in [1.29, 1.82) is 0 Å². The van der Waals surface area contributed by atoms with Crippen LogP contribution in [0.3, 0.4) is 0 Å². The molecule has 0 radical (unpaired) electrons. The smallest absolute Gasteiger partial charge is 0.225 e. The first kappa shape index (κ1) is 19.5. The summed E-state index contributed by atoms with van der Waals surface area (Å²) in [6.45, 7) is 0. The predicted octanol–water partition coefficient (Wildman–Crippen LogP) is 3.64. The highest BCUT2D eigenvalue weighted by Gasteiger charge is 2.27. The fourth-order valence-electron chi connectivity index (χ4n) is 2.36. The molecular weight excluding hydrogens is 461 g/mol. The van der Waals surface area contributed by atoms with Gasteiger partial charge >= 0.3 is 0 Å². The van der Waals surface area contributed by atoms with Gasteiger partial charge in [-0.2, -0.15) is 8.78 Å². The minimum atomic E-state index is -4.61. The molecule has 0 aliphatic heterocycles. The Morgan fingerprint density at radius 1 is 1.00 bits per heavy atom. The molecule has 0 spiro atoms. The number of hydrogen-bond acceptors (Lipinski definition) is 3. The van der Waals surface area contributed by atoms with E-state index in [1.54, 1.807) is 0 Å². The molecule has 12 heteroatoms. The van der Waals surface area contributed by atoms with Gasteiger partial charge in [-0.3, -0.25) is 0 Å². The van der Waals surface area contributed by atoms with Gasteiger partial charge in [0.05, 0.1) is 4.47 Å². The van der Waals surface area contributed by atoms with Crippen molar-refractivity contribution < 1.29 is 30.4 Å². The first-order valence-electron chi connectivity index (χ1n) is 6.93. The second-order valence-electron chi connectivity index (χ2n) is 5.25. The van der Waals surface area contributed by atoms with Gasteiger partial charge in [0.25, 0.3) is 5.95 Å². The molecule has 0 bridgehead atoms. The number of halogens is 6. The van der Waals surface area contributed by atoms with Crippen LogP contribution in [0.1, 0.15) is 0 Å². The third-order valence-electron chi connectivity index (χ3n) is 3.53. The quantitative estimate of drug-likeness (QED) is 0.597. The highest BCUT2D eigenvalue weighted by Crippen LogP contribution is 2.33. The van der Waals surface area contributed by atoms with Gasteiger partial charge in [0, 0.05) is 5.56 Å². The van der Waals surface area contributed by atoms with Crippen molar-refractivity contribution in [3.63, 3.8) is 0 Å². The van der Waals surface area contributed by atoms with E-state index in [9.17, 15) is 30.4 Å². The van der Waals surface area contributed by atoms with Crippen LogP contribution in [0, 0.1) is 29.2 Å². The van der Waals surface area contributed by atoms with E-state index in [0.29, 0.717) is 10.7 Å². The Kier molecular flexibility index (Phi) is 4.82. The molecule has 0 unspecified atom stereocenters. The molecule has 0 saturated heterocycles. The van der Waals surface area contributed by atoms with Crippen LogP contribution in [0.25, 0.3) is 16.9 Å². The Morgan fingerprint density at radius 3 is 2.30 bits per heavy atom. The van der Waals surface area contributed by atoms with Crippen LogP contribution in [-0.4, -0.2) is 18.2 Å². The first-order chi connectivity index (χ1) is 12.5. The molecule has 2 aromatic carbocycles. The van der Waals surface area contributed by atoms with Crippen molar-refractivity contribution in [3.8, 4) is 16.9 Å². The van der Waals surface area contributed by atoms with Crippen LogP contribution >= 0.6 is 15.9 Å². The highest BCUT2D eigenvalue weighted by molar-refractivity contribution is 9.10. The number of nitrogens with two attached hydrogens (primary N) is 1. The summed E-state index contributed by atoms with van der Waals surface area (Å²) in [6, 6.07) is 4.25. The van der Waals surface area contributed by atoms with Crippen LogP contribution in [0.4, 0.5) is 22.0 Å². The van der Waals surface area contributed by atoms with E-state index in [0.717, 1.165) is 6.07 Å². The molecule has 1 heterocycles. The fourth-order valence-corrected chi connectivity index (χ4v) is 3.32. The first-order valence-corrected chi connectivity index (χ1v) is 9.27. The zero-order valence-electron chi connectivity index (χ0n) is 12.9. The summed E-state index contributed by atoms with van der Waals surface area (Å²) in [5, 5.41) is 7.95. The molecule has 0 aliphatic rings. The zero-order chi connectivity index (χ0) is 20.1. The van der Waals surface area contributed by atoms with Crippen molar-refractivity contribution in [2.75, 3.05) is 0 Å². The summed E-state index contributed by atoms with van der Waals surface area (Å²) in [5.74, 6) is -7.29. The molecule has 3 aromatic rings. The molecule has 5 nitrogen and oxygen atoms in total. The number of hydrogen-bond donors (Lipinski definition) is 1. The lowest BCUT2D eigenvalue weighted by atomic mass is 10.1. The van der Waals surface area contributed by atoms with E-state index in [1.807, 2.05) is 0 Å². The van der Waals surface area contributed by atoms with Crippen LogP contribution in [0.5, 0.6) is 0 Å². The summed E-state index contributed by atoms with van der Waals surface area (Å²) < 4.78 is 93.6. The largest absolute Gasteiger partial charge is 0.269 e. The van der Waals surface area contributed by atoms with Gasteiger partial charge in [-0.25, -0.2) is 31.4 Å². The minimum Gasteiger partial charge on any atom is -0.225 e. The Bertz CT molecular complexity index is 1180. The second-order valence-corrected chi connectivity index (χ2v) is 7.63. The van der Waals surface area contributed by atoms with Crippen LogP contribution in [0.15, 0.2) is 39.7 Å². The Morgan fingerprint density at radius 2 is 1.67 bits per heavy atom. The lowest BCUT2D eigenvalue weighted by Crippen LogP contribution is -2.15. The zero-order valence-corrected chi connectivity index (χ0v) is 15.3. The van der Waals surface area contributed by atoms with Crippen molar-refractivity contribution in [1.82, 2.24) is 9.78 Å². The van der Waals surface area contributed by atoms with Gasteiger partial charge in [-0.1, -0.05) is 6.07 Å². The molecule has 27 heavy (non-hydrogen) atoms. The molecule has 1 aromatic heterocycles. The molecule has 0 aliphatic carbocycles. The SMILES string of the molecule is NS(=O)(=O)c1cc(F)c(-c2c(F)c(F)nn2-c2cccc(Br)c2F)cc1F. The molecule has 0 saturated carbocycles. The highest BCUT2D eigenvalue weighted by atomic mass is 79.9. The molecule has 0 amide bonds. The fraction of sp³-hybridized carbons (Fsp3) is 0. The predicted molar refractivity (Wildman–Crippen MR) is 87.9 cm³/mol. The molecule has 0 atom stereocenters.